The smallest absolute Gasteiger partial charge is 0.409 e. The molecule has 1 heterocycles. The van der Waals surface area contributed by atoms with E-state index in [0.29, 0.717) is 9.92 Å². The maximum atomic E-state index is 12.9. The summed E-state index contributed by atoms with van der Waals surface area (Å²) in [7, 11) is 0. The summed E-state index contributed by atoms with van der Waals surface area (Å²) in [6, 6.07) is 3.36. The van der Waals surface area contributed by atoms with Gasteiger partial charge in [-0.1, -0.05) is 16.9 Å². The van der Waals surface area contributed by atoms with Gasteiger partial charge in [0.1, 0.15) is 5.03 Å². The van der Waals surface area contributed by atoms with E-state index < -0.39 is 17.6 Å². The van der Waals surface area contributed by atoms with Crippen LogP contribution in [0, 0.1) is 0 Å². The lowest BCUT2D eigenvalue weighted by atomic mass is 10.1. The number of amidine groups is 1. The zero-order valence-corrected chi connectivity index (χ0v) is 11.2. The van der Waals surface area contributed by atoms with E-state index in [2.05, 4.69) is 15.1 Å². The van der Waals surface area contributed by atoms with E-state index in [1.54, 1.807) is 0 Å². The number of halogens is 3. The summed E-state index contributed by atoms with van der Waals surface area (Å²) in [5.41, 5.74) is 3.96. The van der Waals surface area contributed by atoms with Crippen molar-refractivity contribution >= 4 is 17.6 Å². The average Bonchev–Trinajstić information content (AvgIpc) is 2.46. The molecule has 0 aliphatic carbocycles. The van der Waals surface area contributed by atoms with Crippen LogP contribution in [0.15, 0.2) is 51.9 Å². The molecule has 0 saturated heterocycles. The van der Waals surface area contributed by atoms with Crippen LogP contribution in [0.25, 0.3) is 0 Å². The second-order valence-corrected chi connectivity index (χ2v) is 4.93. The molecule has 2 rings (SSSR count). The fourth-order valence-electron chi connectivity index (χ4n) is 1.56. The van der Waals surface area contributed by atoms with Crippen LogP contribution in [0.1, 0.15) is 11.1 Å². The number of hydrogen-bond acceptors (Lipinski definition) is 5. The number of aromatic nitrogens is 2. The molecule has 0 bridgehead atoms. The minimum absolute atomic E-state index is 0.390. The van der Waals surface area contributed by atoms with Gasteiger partial charge in [-0.15, -0.1) is 0 Å². The third-order valence-corrected chi connectivity index (χ3v) is 3.35. The highest BCUT2D eigenvalue weighted by Gasteiger charge is 2.34. The number of rotatable bonds is 3. The topological polar surface area (TPSA) is 84.4 Å². The van der Waals surface area contributed by atoms with Gasteiger partial charge in [-0.3, -0.25) is 4.98 Å². The van der Waals surface area contributed by atoms with Gasteiger partial charge in [0.15, 0.2) is 5.84 Å². The molecule has 5 nitrogen and oxygen atoms in total. The molecule has 0 saturated carbocycles. The van der Waals surface area contributed by atoms with Crippen molar-refractivity contribution in [3.05, 3.63) is 47.9 Å². The molecule has 1 aromatic heterocycles. The Balaban J connectivity index is 2.43. The molecule has 0 amide bonds. The van der Waals surface area contributed by atoms with Gasteiger partial charge < -0.3 is 10.9 Å². The van der Waals surface area contributed by atoms with Crippen molar-refractivity contribution in [3.63, 3.8) is 0 Å². The highest BCUT2D eigenvalue weighted by molar-refractivity contribution is 7.99. The van der Waals surface area contributed by atoms with E-state index >= 15 is 0 Å². The Morgan fingerprint density at radius 3 is 2.62 bits per heavy atom. The molecule has 0 radical (unpaired) electrons. The van der Waals surface area contributed by atoms with Gasteiger partial charge in [-0.05, 0) is 18.2 Å². The molecule has 0 unspecified atom stereocenters. The van der Waals surface area contributed by atoms with Crippen LogP contribution >= 0.6 is 11.8 Å². The minimum atomic E-state index is -4.60. The highest BCUT2D eigenvalue weighted by atomic mass is 32.2. The normalized spacial score (nSPS) is 12.4. The molecule has 21 heavy (non-hydrogen) atoms. The van der Waals surface area contributed by atoms with E-state index in [0.717, 1.165) is 17.8 Å². The van der Waals surface area contributed by atoms with E-state index in [-0.39, 0.29) is 5.56 Å². The zero-order chi connectivity index (χ0) is 15.5. The lowest BCUT2D eigenvalue weighted by molar-refractivity contribution is -0.137. The van der Waals surface area contributed by atoms with Gasteiger partial charge in [0.05, 0.1) is 11.8 Å². The molecular weight excluding hydrogens is 305 g/mol. The van der Waals surface area contributed by atoms with Crippen molar-refractivity contribution in [1.82, 2.24) is 9.97 Å². The largest absolute Gasteiger partial charge is 0.417 e. The van der Waals surface area contributed by atoms with Crippen LogP contribution in [0.3, 0.4) is 0 Å². The quantitative estimate of drug-likeness (QED) is 0.394. The van der Waals surface area contributed by atoms with Crippen LogP contribution in [-0.2, 0) is 6.18 Å². The summed E-state index contributed by atoms with van der Waals surface area (Å²) < 4.78 is 38.6. The Hall–Kier alpha value is -2.29. The maximum absolute atomic E-state index is 12.9. The number of alkyl halides is 3. The molecule has 0 aliphatic heterocycles. The predicted octanol–water partition coefficient (Wildman–Crippen LogP) is 2.74. The second-order valence-electron chi connectivity index (χ2n) is 3.84. The summed E-state index contributed by atoms with van der Waals surface area (Å²) in [5.74, 6) is -0.607. The number of nitrogens with zero attached hydrogens (tertiary/aromatic N) is 3. The van der Waals surface area contributed by atoms with Crippen molar-refractivity contribution in [1.29, 1.82) is 0 Å². The molecule has 0 spiro atoms. The lowest BCUT2D eigenvalue weighted by Gasteiger charge is -2.13. The van der Waals surface area contributed by atoms with Crippen LogP contribution < -0.4 is 5.73 Å². The zero-order valence-electron chi connectivity index (χ0n) is 10.4. The first kappa shape index (κ1) is 15.1. The average molecular weight is 314 g/mol. The maximum Gasteiger partial charge on any atom is 0.417 e. The Morgan fingerprint density at radius 2 is 2.05 bits per heavy atom. The minimum Gasteiger partial charge on any atom is -0.409 e. The number of nitrogens with two attached hydrogens (primary N) is 1. The summed E-state index contributed by atoms with van der Waals surface area (Å²) in [4.78, 5) is 8.33. The summed E-state index contributed by atoms with van der Waals surface area (Å²) >= 11 is 1.12. The monoisotopic (exact) mass is 314 g/mol. The van der Waals surface area contributed by atoms with E-state index in [9.17, 15) is 13.2 Å². The highest BCUT2D eigenvalue weighted by Crippen LogP contribution is 2.35. The molecular formula is C12H9F3N4OS. The van der Waals surface area contributed by atoms with Gasteiger partial charge in [-0.2, -0.15) is 13.2 Å². The Labute approximate surface area is 121 Å². The van der Waals surface area contributed by atoms with Crippen LogP contribution in [0.5, 0.6) is 0 Å². The van der Waals surface area contributed by atoms with Gasteiger partial charge >= 0.3 is 6.18 Å². The fourth-order valence-corrected chi connectivity index (χ4v) is 2.34. The van der Waals surface area contributed by atoms with Crippen LogP contribution in [0.2, 0.25) is 0 Å². The Kier molecular flexibility index (Phi) is 4.32. The Bertz CT molecular complexity index is 661. The second kappa shape index (κ2) is 6.00. The lowest BCUT2D eigenvalue weighted by Crippen LogP contribution is -2.20. The van der Waals surface area contributed by atoms with E-state index in [1.807, 2.05) is 0 Å². The van der Waals surface area contributed by atoms with E-state index in [1.165, 1.54) is 30.7 Å². The molecule has 0 aliphatic rings. The van der Waals surface area contributed by atoms with Crippen molar-refractivity contribution in [3.8, 4) is 0 Å². The Morgan fingerprint density at radius 1 is 1.29 bits per heavy atom. The molecule has 0 fully saturated rings. The first-order valence-corrected chi connectivity index (χ1v) is 6.36. The van der Waals surface area contributed by atoms with Gasteiger partial charge in [0.2, 0.25) is 0 Å². The number of oxime groups is 1. The first-order chi connectivity index (χ1) is 9.91. The SMILES string of the molecule is N/C(=N/O)c1cc(Sc2cnccn2)ccc1C(F)(F)F. The fraction of sp³-hybridized carbons (Fsp3) is 0.0833. The molecule has 2 aromatic rings. The summed E-state index contributed by atoms with van der Waals surface area (Å²) in [5, 5.41) is 11.8. The van der Waals surface area contributed by atoms with E-state index in [4.69, 9.17) is 10.9 Å². The number of benzene rings is 1. The van der Waals surface area contributed by atoms with Crippen LogP contribution in [0.4, 0.5) is 13.2 Å². The van der Waals surface area contributed by atoms with Crippen molar-refractivity contribution < 1.29 is 18.4 Å². The third kappa shape index (κ3) is 3.63. The number of hydrogen-bond donors (Lipinski definition) is 2. The molecule has 0 atom stereocenters. The van der Waals surface area contributed by atoms with Crippen molar-refractivity contribution in [2.24, 2.45) is 10.9 Å². The van der Waals surface area contributed by atoms with Gasteiger partial charge in [0.25, 0.3) is 0 Å². The third-order valence-electron chi connectivity index (χ3n) is 2.44. The summed E-state index contributed by atoms with van der Waals surface area (Å²) in [6.07, 6.45) is -0.165. The molecule has 110 valence electrons. The van der Waals surface area contributed by atoms with Crippen LogP contribution in [-0.4, -0.2) is 21.0 Å². The van der Waals surface area contributed by atoms with Crippen molar-refractivity contribution in [2.45, 2.75) is 16.1 Å². The predicted molar refractivity (Wildman–Crippen MR) is 70.1 cm³/mol. The van der Waals surface area contributed by atoms with Gasteiger partial charge in [0, 0.05) is 22.9 Å². The molecule has 1 aromatic carbocycles. The van der Waals surface area contributed by atoms with Crippen molar-refractivity contribution in [2.75, 3.05) is 0 Å². The van der Waals surface area contributed by atoms with Gasteiger partial charge in [-0.25, -0.2) is 4.98 Å². The summed E-state index contributed by atoms with van der Waals surface area (Å²) in [6.45, 7) is 0. The standard InChI is InChI=1S/C12H9F3N4OS/c13-12(14,15)9-2-1-7(5-8(9)11(16)19-20)21-10-6-17-3-4-18-10/h1-6,20H,(H2,16,19). The first-order valence-electron chi connectivity index (χ1n) is 5.55. The molecule has 3 N–H and O–H groups in total. The molecule has 9 heteroatoms.